The van der Waals surface area contributed by atoms with Gasteiger partial charge in [-0.05, 0) is 68.5 Å². The first-order valence-electron chi connectivity index (χ1n) is 11.3. The maximum Gasteiger partial charge on any atom is 0.256 e. The lowest BCUT2D eigenvalue weighted by Crippen LogP contribution is -2.11. The minimum atomic E-state index is -0.0982. The number of carbonyl (C=O) groups excluding carboxylic acids is 1. The Balaban J connectivity index is 1.42. The van der Waals surface area contributed by atoms with Gasteiger partial charge < -0.3 is 5.32 Å². The summed E-state index contributed by atoms with van der Waals surface area (Å²) in [5, 5.41) is 6.20. The number of aryl methyl sites for hydroxylation is 2. The number of carbonyl (C=O) groups is 1. The quantitative estimate of drug-likeness (QED) is 0.280. The maximum absolute atomic E-state index is 13.3. The van der Waals surface area contributed by atoms with Crippen molar-refractivity contribution in [3.05, 3.63) is 76.3 Å². The van der Waals surface area contributed by atoms with Crippen LogP contribution >= 0.6 is 22.7 Å². The van der Waals surface area contributed by atoms with Gasteiger partial charge in [-0.3, -0.25) is 9.78 Å². The number of anilines is 1. The van der Waals surface area contributed by atoms with Gasteiger partial charge in [-0.2, -0.15) is 0 Å². The Morgan fingerprint density at radius 2 is 1.76 bits per heavy atom. The van der Waals surface area contributed by atoms with E-state index in [4.69, 9.17) is 4.98 Å². The zero-order valence-corrected chi connectivity index (χ0v) is 20.0. The minimum Gasteiger partial charge on any atom is -0.313 e. The van der Waals surface area contributed by atoms with Crippen molar-refractivity contribution in [2.45, 2.75) is 39.0 Å². The number of hydrogen-bond acceptors (Lipinski definition) is 5. The van der Waals surface area contributed by atoms with Gasteiger partial charge in [-0.1, -0.05) is 30.7 Å². The molecule has 5 aromatic rings. The molecule has 0 radical (unpaired) electrons. The number of para-hydroxylation sites is 1. The molecule has 0 unspecified atom stereocenters. The number of benzene rings is 2. The Kier molecular flexibility index (Phi) is 5.19. The zero-order valence-electron chi connectivity index (χ0n) is 18.4. The fourth-order valence-corrected chi connectivity index (χ4v) is 6.97. The molecule has 2 aromatic carbocycles. The van der Waals surface area contributed by atoms with Crippen molar-refractivity contribution in [2.24, 2.45) is 0 Å². The number of amides is 1. The highest BCUT2D eigenvalue weighted by atomic mass is 32.1. The number of nitrogens with zero attached hydrogens (tertiary/aromatic N) is 2. The van der Waals surface area contributed by atoms with Crippen molar-refractivity contribution in [3.63, 3.8) is 0 Å². The van der Waals surface area contributed by atoms with E-state index in [2.05, 4.69) is 28.5 Å². The molecule has 1 amide bonds. The SMILES string of the molecule is Cc1ccc2ccc(C(=O)Nc3sc4c(c3-c3nc5ccccc5s3)CCCCC4)cc2n1. The van der Waals surface area contributed by atoms with E-state index in [1.165, 1.54) is 34.4 Å². The van der Waals surface area contributed by atoms with Gasteiger partial charge in [-0.15, -0.1) is 22.7 Å². The Hall–Kier alpha value is -3.09. The molecule has 0 fully saturated rings. The molecule has 0 aliphatic heterocycles. The van der Waals surface area contributed by atoms with Gasteiger partial charge in [-0.25, -0.2) is 4.98 Å². The standard InChI is InChI=1S/C27H23N3OS2/c1-16-11-12-17-13-14-18(15-21(17)28-16)25(31)30-27-24(19-7-3-2-4-9-22(19)32-27)26-29-20-8-5-6-10-23(20)33-26/h5-6,8,10-15H,2-4,7,9H2,1H3,(H,30,31). The Morgan fingerprint density at radius 1 is 0.909 bits per heavy atom. The summed E-state index contributed by atoms with van der Waals surface area (Å²) in [6.45, 7) is 1.97. The minimum absolute atomic E-state index is 0.0982. The van der Waals surface area contributed by atoms with E-state index < -0.39 is 0 Å². The number of hydrogen-bond donors (Lipinski definition) is 1. The molecule has 0 atom stereocenters. The molecule has 3 aromatic heterocycles. The normalized spacial score (nSPS) is 13.7. The number of thiophene rings is 1. The van der Waals surface area contributed by atoms with E-state index in [0.717, 1.165) is 50.5 Å². The fraction of sp³-hybridized carbons (Fsp3) is 0.222. The van der Waals surface area contributed by atoms with Crippen molar-refractivity contribution in [2.75, 3.05) is 5.32 Å². The first-order valence-corrected chi connectivity index (χ1v) is 13.0. The molecular formula is C27H23N3OS2. The van der Waals surface area contributed by atoms with E-state index in [1.54, 1.807) is 22.7 Å². The molecule has 33 heavy (non-hydrogen) atoms. The summed E-state index contributed by atoms with van der Waals surface area (Å²) in [5.41, 5.74) is 5.93. The lowest BCUT2D eigenvalue weighted by Gasteiger charge is -2.08. The molecule has 164 valence electrons. The molecule has 0 spiro atoms. The number of nitrogens with one attached hydrogen (secondary N) is 1. The Labute approximate surface area is 200 Å². The first kappa shape index (κ1) is 20.5. The van der Waals surface area contributed by atoms with Gasteiger partial charge in [0.15, 0.2) is 0 Å². The number of aromatic nitrogens is 2. The second-order valence-electron chi connectivity index (χ2n) is 8.57. The molecule has 1 aliphatic carbocycles. The van der Waals surface area contributed by atoms with Crippen LogP contribution in [0.3, 0.4) is 0 Å². The maximum atomic E-state index is 13.3. The highest BCUT2D eigenvalue weighted by molar-refractivity contribution is 7.23. The first-order chi connectivity index (χ1) is 16.2. The van der Waals surface area contributed by atoms with Crippen LogP contribution in [-0.4, -0.2) is 15.9 Å². The fourth-order valence-electron chi connectivity index (χ4n) is 4.57. The number of thiazole rings is 1. The molecule has 0 bridgehead atoms. The monoisotopic (exact) mass is 469 g/mol. The molecule has 1 aliphatic rings. The Morgan fingerprint density at radius 3 is 2.67 bits per heavy atom. The molecule has 6 rings (SSSR count). The van der Waals surface area contributed by atoms with E-state index in [9.17, 15) is 4.79 Å². The highest BCUT2D eigenvalue weighted by Gasteiger charge is 2.25. The summed E-state index contributed by atoms with van der Waals surface area (Å²) in [4.78, 5) is 24.3. The van der Waals surface area contributed by atoms with Crippen LogP contribution in [-0.2, 0) is 12.8 Å². The third-order valence-corrected chi connectivity index (χ3v) is 8.51. The van der Waals surface area contributed by atoms with Crippen LogP contribution in [0.4, 0.5) is 5.00 Å². The summed E-state index contributed by atoms with van der Waals surface area (Å²) in [5.74, 6) is -0.0982. The van der Waals surface area contributed by atoms with Crippen LogP contribution in [0.25, 0.3) is 31.7 Å². The van der Waals surface area contributed by atoms with Crippen LogP contribution < -0.4 is 5.32 Å². The molecule has 1 N–H and O–H groups in total. The number of pyridine rings is 1. The van der Waals surface area contributed by atoms with Gasteiger partial charge in [0.05, 0.1) is 15.7 Å². The lowest BCUT2D eigenvalue weighted by atomic mass is 10.1. The molecule has 3 heterocycles. The smallest absolute Gasteiger partial charge is 0.256 e. The largest absolute Gasteiger partial charge is 0.313 e. The second-order valence-corrected chi connectivity index (χ2v) is 10.7. The van der Waals surface area contributed by atoms with Crippen molar-refractivity contribution in [1.82, 2.24) is 9.97 Å². The average molecular weight is 470 g/mol. The van der Waals surface area contributed by atoms with Crippen LogP contribution in [0.5, 0.6) is 0 Å². The van der Waals surface area contributed by atoms with E-state index in [1.807, 2.05) is 43.3 Å². The predicted octanol–water partition coefficient (Wildman–Crippen LogP) is 7.40. The van der Waals surface area contributed by atoms with Crippen LogP contribution in [0.2, 0.25) is 0 Å². The summed E-state index contributed by atoms with van der Waals surface area (Å²) in [6, 6.07) is 18.0. The third-order valence-electron chi connectivity index (χ3n) is 6.25. The average Bonchev–Trinajstić information content (AvgIpc) is 3.31. The van der Waals surface area contributed by atoms with Crippen molar-refractivity contribution >= 4 is 54.7 Å². The van der Waals surface area contributed by atoms with E-state index in [0.29, 0.717) is 5.56 Å². The molecular weight excluding hydrogens is 446 g/mol. The molecule has 6 heteroatoms. The van der Waals surface area contributed by atoms with Crippen LogP contribution in [0, 0.1) is 6.92 Å². The van der Waals surface area contributed by atoms with Crippen LogP contribution in [0.15, 0.2) is 54.6 Å². The van der Waals surface area contributed by atoms with Gasteiger partial charge in [0, 0.05) is 27.1 Å². The predicted molar refractivity (Wildman–Crippen MR) is 139 cm³/mol. The lowest BCUT2D eigenvalue weighted by molar-refractivity contribution is 0.102. The molecule has 4 nitrogen and oxygen atoms in total. The summed E-state index contributed by atoms with van der Waals surface area (Å²) in [7, 11) is 0. The van der Waals surface area contributed by atoms with Gasteiger partial charge >= 0.3 is 0 Å². The molecule has 0 saturated carbocycles. The zero-order chi connectivity index (χ0) is 22.4. The van der Waals surface area contributed by atoms with Gasteiger partial charge in [0.1, 0.15) is 10.0 Å². The second kappa shape index (κ2) is 8.36. The topological polar surface area (TPSA) is 54.9 Å². The third kappa shape index (κ3) is 3.83. The van der Waals surface area contributed by atoms with Crippen molar-refractivity contribution < 1.29 is 4.79 Å². The number of rotatable bonds is 3. The van der Waals surface area contributed by atoms with E-state index in [-0.39, 0.29) is 5.91 Å². The summed E-state index contributed by atoms with van der Waals surface area (Å²) < 4.78 is 1.18. The van der Waals surface area contributed by atoms with Crippen molar-refractivity contribution in [3.8, 4) is 10.6 Å². The van der Waals surface area contributed by atoms with Gasteiger partial charge in [0.25, 0.3) is 5.91 Å². The number of fused-ring (bicyclic) bond motifs is 3. The molecule has 0 saturated heterocycles. The van der Waals surface area contributed by atoms with E-state index >= 15 is 0 Å². The summed E-state index contributed by atoms with van der Waals surface area (Å²) in [6.07, 6.45) is 5.77. The van der Waals surface area contributed by atoms with Crippen molar-refractivity contribution in [1.29, 1.82) is 0 Å². The highest BCUT2D eigenvalue weighted by Crippen LogP contribution is 2.46. The Bertz CT molecular complexity index is 1480. The summed E-state index contributed by atoms with van der Waals surface area (Å²) >= 11 is 3.44. The van der Waals surface area contributed by atoms with Crippen LogP contribution in [0.1, 0.15) is 45.8 Å². The van der Waals surface area contributed by atoms with Gasteiger partial charge in [0.2, 0.25) is 0 Å².